The van der Waals surface area contributed by atoms with Crippen LogP contribution >= 0.6 is 0 Å². The molecule has 1 amide bonds. The van der Waals surface area contributed by atoms with Gasteiger partial charge in [-0.3, -0.25) is 4.79 Å². The summed E-state index contributed by atoms with van der Waals surface area (Å²) in [6, 6.07) is 12.8. The maximum atomic E-state index is 12.5. The molecule has 2 N–H and O–H groups in total. The van der Waals surface area contributed by atoms with E-state index in [0.29, 0.717) is 16.8 Å². The molecule has 25 heavy (non-hydrogen) atoms. The number of amides is 1. The van der Waals surface area contributed by atoms with Gasteiger partial charge in [-0.1, -0.05) is 6.07 Å². The monoisotopic (exact) mass is 337 g/mol. The van der Waals surface area contributed by atoms with Crippen LogP contribution in [-0.4, -0.2) is 33.1 Å². The third kappa shape index (κ3) is 3.06. The molecular weight excluding hydrogens is 318 g/mol. The molecule has 6 heteroatoms. The van der Waals surface area contributed by atoms with Crippen LogP contribution in [0, 0.1) is 0 Å². The van der Waals surface area contributed by atoms with Crippen LogP contribution in [0.1, 0.15) is 15.9 Å². The van der Waals surface area contributed by atoms with Crippen LogP contribution < -0.4 is 15.5 Å². The molecule has 0 bridgehead atoms. The van der Waals surface area contributed by atoms with Crippen molar-refractivity contribution >= 4 is 34.5 Å². The number of nitrogens with one attached hydrogen (secondary N) is 2. The molecule has 128 valence electrons. The third-order valence-corrected chi connectivity index (χ3v) is 4.16. The molecule has 1 aliphatic heterocycles. The van der Waals surface area contributed by atoms with Crippen LogP contribution in [0.25, 0.3) is 5.57 Å². The summed E-state index contributed by atoms with van der Waals surface area (Å²) in [6.07, 6.45) is 1.69. The van der Waals surface area contributed by atoms with Crippen molar-refractivity contribution in [1.82, 2.24) is 0 Å². The molecule has 1 heterocycles. The first kappa shape index (κ1) is 16.6. The van der Waals surface area contributed by atoms with Gasteiger partial charge >= 0.3 is 5.97 Å². The molecule has 3 rings (SSSR count). The molecule has 2 aromatic carbocycles. The van der Waals surface area contributed by atoms with Gasteiger partial charge in [-0.05, 0) is 36.4 Å². The van der Waals surface area contributed by atoms with Gasteiger partial charge in [0, 0.05) is 37.2 Å². The number of hydrogen-bond donors (Lipinski definition) is 2. The van der Waals surface area contributed by atoms with Crippen molar-refractivity contribution in [3.8, 4) is 0 Å². The molecule has 2 aromatic rings. The van der Waals surface area contributed by atoms with E-state index in [-0.39, 0.29) is 5.91 Å². The fourth-order valence-corrected chi connectivity index (χ4v) is 2.72. The number of carbonyl (C=O) groups is 2. The van der Waals surface area contributed by atoms with E-state index < -0.39 is 5.97 Å². The standard InChI is InChI=1S/C19H19N3O3/c1-20-13-5-7-14(8-6-13)21-11-16-15-9-4-12(19(24)25-3)10-17(15)22(2)18(16)23/h4-11,20-21H,1-3H3/b16-11-. The quantitative estimate of drug-likeness (QED) is 0.663. The van der Waals surface area contributed by atoms with Crippen LogP contribution in [0.4, 0.5) is 17.1 Å². The number of esters is 1. The highest BCUT2D eigenvalue weighted by molar-refractivity contribution is 6.32. The number of anilines is 3. The number of carbonyl (C=O) groups excluding carboxylic acids is 2. The van der Waals surface area contributed by atoms with Gasteiger partial charge in [-0.2, -0.15) is 0 Å². The summed E-state index contributed by atoms with van der Waals surface area (Å²) in [7, 11) is 4.88. The first-order chi connectivity index (χ1) is 12.0. The number of ether oxygens (including phenoxy) is 1. The van der Waals surface area contributed by atoms with E-state index in [1.54, 1.807) is 31.4 Å². The van der Waals surface area contributed by atoms with Crippen molar-refractivity contribution in [3.63, 3.8) is 0 Å². The van der Waals surface area contributed by atoms with Crippen LogP contribution in [0.5, 0.6) is 0 Å². The van der Waals surface area contributed by atoms with Crippen molar-refractivity contribution in [2.24, 2.45) is 0 Å². The van der Waals surface area contributed by atoms with Gasteiger partial charge < -0.3 is 20.3 Å². The normalized spacial score (nSPS) is 14.4. The topological polar surface area (TPSA) is 70.7 Å². The fraction of sp³-hybridized carbons (Fsp3) is 0.158. The SMILES string of the molecule is CNc1ccc(N/C=C2\C(=O)N(C)c3cc(C(=O)OC)ccc32)cc1. The summed E-state index contributed by atoms with van der Waals surface area (Å²) in [5.74, 6) is -0.555. The molecule has 0 fully saturated rings. The number of likely N-dealkylation sites (N-methyl/N-ethyl adjacent to an activating group) is 1. The third-order valence-electron chi connectivity index (χ3n) is 4.16. The molecule has 0 aromatic heterocycles. The van der Waals surface area contributed by atoms with Crippen molar-refractivity contribution < 1.29 is 14.3 Å². The smallest absolute Gasteiger partial charge is 0.337 e. The fourth-order valence-electron chi connectivity index (χ4n) is 2.72. The molecule has 0 saturated heterocycles. The van der Waals surface area contributed by atoms with E-state index in [9.17, 15) is 9.59 Å². The predicted molar refractivity (Wildman–Crippen MR) is 98.8 cm³/mol. The lowest BCUT2D eigenvalue weighted by Crippen LogP contribution is -2.20. The zero-order chi connectivity index (χ0) is 18.0. The lowest BCUT2D eigenvalue weighted by Gasteiger charge is -2.10. The average Bonchev–Trinajstić information content (AvgIpc) is 2.90. The van der Waals surface area contributed by atoms with Crippen molar-refractivity contribution in [1.29, 1.82) is 0 Å². The number of fused-ring (bicyclic) bond motifs is 1. The molecule has 0 saturated carbocycles. The Balaban J connectivity index is 1.90. The minimum absolute atomic E-state index is 0.128. The van der Waals surface area contributed by atoms with Crippen molar-refractivity contribution in [3.05, 3.63) is 59.8 Å². The number of methoxy groups -OCH3 is 1. The Morgan fingerprint density at radius 2 is 1.80 bits per heavy atom. The summed E-state index contributed by atoms with van der Waals surface area (Å²) >= 11 is 0. The van der Waals surface area contributed by atoms with Crippen LogP contribution in [0.15, 0.2) is 48.7 Å². The minimum Gasteiger partial charge on any atom is -0.465 e. The van der Waals surface area contributed by atoms with E-state index in [1.165, 1.54) is 12.0 Å². The second-order valence-electron chi connectivity index (χ2n) is 5.62. The Morgan fingerprint density at radius 3 is 2.44 bits per heavy atom. The summed E-state index contributed by atoms with van der Waals surface area (Å²) in [4.78, 5) is 25.7. The van der Waals surface area contributed by atoms with E-state index in [2.05, 4.69) is 10.6 Å². The predicted octanol–water partition coefficient (Wildman–Crippen LogP) is 2.94. The molecule has 0 unspecified atom stereocenters. The van der Waals surface area contributed by atoms with Gasteiger partial charge in [0.2, 0.25) is 0 Å². The van der Waals surface area contributed by atoms with Gasteiger partial charge in [-0.15, -0.1) is 0 Å². The summed E-state index contributed by atoms with van der Waals surface area (Å²) in [5, 5.41) is 6.20. The number of hydrogen-bond acceptors (Lipinski definition) is 5. The van der Waals surface area contributed by atoms with Crippen molar-refractivity contribution in [2.45, 2.75) is 0 Å². The number of nitrogens with zero attached hydrogens (tertiary/aromatic N) is 1. The average molecular weight is 337 g/mol. The van der Waals surface area contributed by atoms with Gasteiger partial charge in [0.05, 0.1) is 23.9 Å². The van der Waals surface area contributed by atoms with Crippen molar-refractivity contribution in [2.75, 3.05) is 36.7 Å². The molecule has 0 aliphatic carbocycles. The van der Waals surface area contributed by atoms with Crippen LogP contribution in [0.2, 0.25) is 0 Å². The first-order valence-electron chi connectivity index (χ1n) is 7.80. The molecule has 0 spiro atoms. The van der Waals surface area contributed by atoms with E-state index >= 15 is 0 Å². The van der Waals surface area contributed by atoms with Gasteiger partial charge in [-0.25, -0.2) is 4.79 Å². The summed E-state index contributed by atoms with van der Waals surface area (Å²) in [6.45, 7) is 0. The van der Waals surface area contributed by atoms with Gasteiger partial charge in [0.1, 0.15) is 0 Å². The summed E-state index contributed by atoms with van der Waals surface area (Å²) < 4.78 is 4.73. The molecular formula is C19H19N3O3. The van der Waals surface area contributed by atoms with Crippen LogP contribution in [0.3, 0.4) is 0 Å². The number of benzene rings is 2. The maximum Gasteiger partial charge on any atom is 0.337 e. The zero-order valence-electron chi connectivity index (χ0n) is 14.3. The first-order valence-corrected chi connectivity index (χ1v) is 7.80. The highest BCUT2D eigenvalue weighted by Gasteiger charge is 2.30. The van der Waals surface area contributed by atoms with Crippen LogP contribution in [-0.2, 0) is 9.53 Å². The van der Waals surface area contributed by atoms with E-state index in [1.807, 2.05) is 31.3 Å². The molecule has 0 atom stereocenters. The largest absolute Gasteiger partial charge is 0.465 e. The lowest BCUT2D eigenvalue weighted by atomic mass is 10.1. The Kier molecular flexibility index (Phi) is 4.43. The molecule has 6 nitrogen and oxygen atoms in total. The molecule has 1 aliphatic rings. The Labute approximate surface area is 146 Å². The van der Waals surface area contributed by atoms with E-state index in [4.69, 9.17) is 4.74 Å². The lowest BCUT2D eigenvalue weighted by molar-refractivity contribution is -0.112. The van der Waals surface area contributed by atoms with Gasteiger partial charge in [0.15, 0.2) is 0 Å². The second kappa shape index (κ2) is 6.68. The maximum absolute atomic E-state index is 12.5. The number of rotatable bonds is 4. The highest BCUT2D eigenvalue weighted by atomic mass is 16.5. The van der Waals surface area contributed by atoms with Gasteiger partial charge in [0.25, 0.3) is 5.91 Å². The summed E-state index contributed by atoms with van der Waals surface area (Å²) in [5.41, 5.74) is 4.31. The Hall–Kier alpha value is -3.28. The Morgan fingerprint density at radius 1 is 1.12 bits per heavy atom. The molecule has 0 radical (unpaired) electrons. The Bertz CT molecular complexity index is 857. The second-order valence-corrected chi connectivity index (χ2v) is 5.62. The minimum atomic E-state index is -0.427. The zero-order valence-corrected chi connectivity index (χ0v) is 14.3. The highest BCUT2D eigenvalue weighted by Crippen LogP contribution is 2.36. The van der Waals surface area contributed by atoms with E-state index in [0.717, 1.165) is 16.9 Å².